The minimum atomic E-state index is 0.366. The fourth-order valence-corrected chi connectivity index (χ4v) is 1.47. The second kappa shape index (κ2) is 4.13. The van der Waals surface area contributed by atoms with Crippen LogP contribution in [0, 0.1) is 11.3 Å². The summed E-state index contributed by atoms with van der Waals surface area (Å²) in [6.07, 6.45) is 0.366. The highest BCUT2D eigenvalue weighted by Crippen LogP contribution is 2.26. The highest BCUT2D eigenvalue weighted by molar-refractivity contribution is 9.10. The van der Waals surface area contributed by atoms with Crippen molar-refractivity contribution < 1.29 is 4.74 Å². The molecule has 12 heavy (non-hydrogen) atoms. The van der Waals surface area contributed by atoms with E-state index in [1.165, 1.54) is 0 Å². The average Bonchev–Trinajstić information content (AvgIpc) is 2.09. The van der Waals surface area contributed by atoms with Crippen LogP contribution in [0.25, 0.3) is 0 Å². The maximum atomic E-state index is 8.54. The van der Waals surface area contributed by atoms with Gasteiger partial charge < -0.3 is 4.74 Å². The number of nitrogens with zero attached hydrogens (tertiary/aromatic N) is 1. The molecule has 0 fully saturated rings. The van der Waals surface area contributed by atoms with Crippen LogP contribution >= 0.6 is 15.9 Å². The third kappa shape index (κ3) is 1.77. The van der Waals surface area contributed by atoms with Gasteiger partial charge in [-0.1, -0.05) is 22.0 Å². The Morgan fingerprint density at radius 3 is 2.92 bits per heavy atom. The smallest absolute Gasteiger partial charge is 0.124 e. The number of hydrogen-bond acceptors (Lipinski definition) is 2. The number of nitriles is 1. The van der Waals surface area contributed by atoms with E-state index in [-0.39, 0.29) is 0 Å². The molecule has 0 N–H and O–H groups in total. The predicted octanol–water partition coefficient (Wildman–Crippen LogP) is 2.52. The van der Waals surface area contributed by atoms with E-state index in [0.29, 0.717) is 6.42 Å². The summed E-state index contributed by atoms with van der Waals surface area (Å²) in [7, 11) is 1.60. The van der Waals surface area contributed by atoms with E-state index in [1.807, 2.05) is 18.2 Å². The maximum absolute atomic E-state index is 8.54. The van der Waals surface area contributed by atoms with Gasteiger partial charge in [-0.15, -0.1) is 0 Å². The van der Waals surface area contributed by atoms with Crippen LogP contribution in [0.3, 0.4) is 0 Å². The molecule has 0 aliphatic rings. The van der Waals surface area contributed by atoms with Crippen LogP contribution in [0.2, 0.25) is 0 Å². The Bertz CT molecular complexity index is 317. The molecular weight excluding hydrogens is 218 g/mol. The number of hydrogen-bond donors (Lipinski definition) is 0. The van der Waals surface area contributed by atoms with E-state index in [4.69, 9.17) is 10.00 Å². The van der Waals surface area contributed by atoms with Gasteiger partial charge in [-0.25, -0.2) is 0 Å². The highest BCUT2D eigenvalue weighted by Gasteiger charge is 2.05. The summed E-state index contributed by atoms with van der Waals surface area (Å²) >= 11 is 3.36. The van der Waals surface area contributed by atoms with Gasteiger partial charge in [0.25, 0.3) is 0 Å². The van der Waals surface area contributed by atoms with Crippen molar-refractivity contribution in [2.45, 2.75) is 6.42 Å². The fraction of sp³-hybridized carbons (Fsp3) is 0.222. The van der Waals surface area contributed by atoms with Gasteiger partial charge in [0.15, 0.2) is 0 Å². The molecule has 0 heterocycles. The van der Waals surface area contributed by atoms with Crippen molar-refractivity contribution in [2.24, 2.45) is 0 Å². The summed E-state index contributed by atoms with van der Waals surface area (Å²) in [4.78, 5) is 0. The standard InChI is InChI=1S/C9H8BrNO/c1-12-9-4-2-3-8(10)7(9)5-6-11/h2-4H,5H2,1H3. The van der Waals surface area contributed by atoms with Crippen LogP contribution in [0.1, 0.15) is 5.56 Å². The zero-order valence-electron chi connectivity index (χ0n) is 6.67. The first-order chi connectivity index (χ1) is 5.79. The number of benzene rings is 1. The predicted molar refractivity (Wildman–Crippen MR) is 50.0 cm³/mol. The second-order valence-electron chi connectivity index (χ2n) is 2.26. The van der Waals surface area contributed by atoms with Crippen molar-refractivity contribution in [3.63, 3.8) is 0 Å². The first kappa shape index (κ1) is 9.08. The molecule has 0 unspecified atom stereocenters. The van der Waals surface area contributed by atoms with Crippen LogP contribution in [-0.4, -0.2) is 7.11 Å². The Morgan fingerprint density at radius 1 is 1.58 bits per heavy atom. The highest BCUT2D eigenvalue weighted by atomic mass is 79.9. The van der Waals surface area contributed by atoms with Crippen LogP contribution in [0.15, 0.2) is 22.7 Å². The SMILES string of the molecule is COc1cccc(Br)c1CC#N. The molecule has 0 aliphatic carbocycles. The fourth-order valence-electron chi connectivity index (χ4n) is 0.981. The van der Waals surface area contributed by atoms with Crippen LogP contribution < -0.4 is 4.74 Å². The minimum Gasteiger partial charge on any atom is -0.496 e. The van der Waals surface area contributed by atoms with Gasteiger partial charge >= 0.3 is 0 Å². The lowest BCUT2D eigenvalue weighted by atomic mass is 10.1. The Kier molecular flexibility index (Phi) is 3.12. The molecule has 3 heteroatoms. The number of ether oxygens (including phenoxy) is 1. The molecule has 1 aromatic carbocycles. The van der Waals surface area contributed by atoms with E-state index in [2.05, 4.69) is 22.0 Å². The van der Waals surface area contributed by atoms with E-state index < -0.39 is 0 Å². The Balaban J connectivity index is 3.12. The van der Waals surface area contributed by atoms with Crippen molar-refractivity contribution in [1.82, 2.24) is 0 Å². The number of methoxy groups -OCH3 is 1. The molecular formula is C9H8BrNO. The summed E-state index contributed by atoms with van der Waals surface area (Å²) in [6.45, 7) is 0. The molecule has 62 valence electrons. The maximum Gasteiger partial charge on any atom is 0.124 e. The minimum absolute atomic E-state index is 0.366. The van der Waals surface area contributed by atoms with E-state index in [9.17, 15) is 0 Å². The quantitative estimate of drug-likeness (QED) is 0.776. The second-order valence-corrected chi connectivity index (χ2v) is 3.11. The molecule has 1 aromatic rings. The van der Waals surface area contributed by atoms with E-state index in [0.717, 1.165) is 15.8 Å². The molecule has 0 saturated carbocycles. The monoisotopic (exact) mass is 225 g/mol. The summed E-state index contributed by atoms with van der Waals surface area (Å²) in [5, 5.41) is 8.54. The van der Waals surface area contributed by atoms with Crippen molar-refractivity contribution in [1.29, 1.82) is 5.26 Å². The molecule has 0 radical (unpaired) electrons. The molecule has 0 spiro atoms. The van der Waals surface area contributed by atoms with Crippen LogP contribution in [-0.2, 0) is 6.42 Å². The van der Waals surface area contributed by atoms with Gasteiger partial charge in [0.1, 0.15) is 5.75 Å². The molecule has 1 rings (SSSR count). The largest absolute Gasteiger partial charge is 0.496 e. The first-order valence-corrected chi connectivity index (χ1v) is 4.27. The topological polar surface area (TPSA) is 33.0 Å². The number of rotatable bonds is 2. The normalized spacial score (nSPS) is 9.08. The molecule has 0 aromatic heterocycles. The average molecular weight is 226 g/mol. The first-order valence-electron chi connectivity index (χ1n) is 3.48. The van der Waals surface area contributed by atoms with Crippen molar-refractivity contribution in [2.75, 3.05) is 7.11 Å². The zero-order valence-corrected chi connectivity index (χ0v) is 8.26. The molecule has 0 aliphatic heterocycles. The van der Waals surface area contributed by atoms with Gasteiger partial charge in [-0.3, -0.25) is 0 Å². The third-order valence-electron chi connectivity index (χ3n) is 1.55. The summed E-state index contributed by atoms with van der Waals surface area (Å²) in [5.41, 5.74) is 0.905. The zero-order chi connectivity index (χ0) is 8.97. The van der Waals surface area contributed by atoms with Gasteiger partial charge in [-0.2, -0.15) is 5.26 Å². The van der Waals surface area contributed by atoms with Crippen LogP contribution in [0.5, 0.6) is 5.75 Å². The third-order valence-corrected chi connectivity index (χ3v) is 2.29. The summed E-state index contributed by atoms with van der Waals surface area (Å²) in [5.74, 6) is 0.755. The van der Waals surface area contributed by atoms with Gasteiger partial charge in [0.2, 0.25) is 0 Å². The van der Waals surface area contributed by atoms with Gasteiger partial charge in [0.05, 0.1) is 19.6 Å². The molecule has 0 saturated heterocycles. The summed E-state index contributed by atoms with van der Waals surface area (Å²) < 4.78 is 6.02. The Hall–Kier alpha value is -1.01. The lowest BCUT2D eigenvalue weighted by Crippen LogP contribution is -1.91. The van der Waals surface area contributed by atoms with Crippen LogP contribution in [0.4, 0.5) is 0 Å². The molecule has 0 amide bonds. The molecule has 0 bridgehead atoms. The number of halogens is 1. The van der Waals surface area contributed by atoms with E-state index >= 15 is 0 Å². The lowest BCUT2D eigenvalue weighted by molar-refractivity contribution is 0.410. The molecule has 0 atom stereocenters. The van der Waals surface area contributed by atoms with Gasteiger partial charge in [0, 0.05) is 10.0 Å². The molecule has 2 nitrogen and oxygen atoms in total. The Labute approximate surface area is 79.9 Å². The van der Waals surface area contributed by atoms with Gasteiger partial charge in [-0.05, 0) is 12.1 Å². The van der Waals surface area contributed by atoms with E-state index in [1.54, 1.807) is 7.11 Å². The van der Waals surface area contributed by atoms with Crippen molar-refractivity contribution in [3.8, 4) is 11.8 Å². The van der Waals surface area contributed by atoms with Crippen molar-refractivity contribution in [3.05, 3.63) is 28.2 Å². The Morgan fingerprint density at radius 2 is 2.33 bits per heavy atom. The van der Waals surface area contributed by atoms with Crippen molar-refractivity contribution >= 4 is 15.9 Å². The summed E-state index contributed by atoms with van der Waals surface area (Å²) in [6, 6.07) is 7.71. The lowest BCUT2D eigenvalue weighted by Gasteiger charge is -2.06.